The van der Waals surface area contributed by atoms with Gasteiger partial charge in [0.15, 0.2) is 0 Å². The van der Waals surface area contributed by atoms with Gasteiger partial charge in [0.05, 0.1) is 11.1 Å². The second kappa shape index (κ2) is 6.05. The largest absolute Gasteiger partial charge is 0.478 e. The van der Waals surface area contributed by atoms with Crippen molar-refractivity contribution < 1.29 is 14.7 Å². The van der Waals surface area contributed by atoms with Crippen LogP contribution in [0.1, 0.15) is 35.7 Å². The van der Waals surface area contributed by atoms with Crippen LogP contribution in [0.3, 0.4) is 0 Å². The summed E-state index contributed by atoms with van der Waals surface area (Å²) in [4.78, 5) is 23.2. The Kier molecular flexibility index (Phi) is 4.39. The normalized spacial score (nSPS) is 21.6. The minimum atomic E-state index is -0.934. The minimum absolute atomic E-state index is 0.0113. The van der Waals surface area contributed by atoms with Gasteiger partial charge in [-0.05, 0) is 44.4 Å². The van der Waals surface area contributed by atoms with Crippen LogP contribution in [0.4, 0.5) is 0 Å². The third-order valence-corrected chi connectivity index (χ3v) is 3.80. The maximum absolute atomic E-state index is 12.1. The Morgan fingerprint density at radius 1 is 1.40 bits per heavy atom. The first-order chi connectivity index (χ1) is 9.53. The van der Waals surface area contributed by atoms with E-state index in [1.807, 2.05) is 13.0 Å². The number of carboxylic acids is 1. The number of rotatable bonds is 5. The molecular formula is C15H20N2O3. The molecule has 1 saturated heterocycles. The molecule has 1 aromatic carbocycles. The van der Waals surface area contributed by atoms with Crippen molar-refractivity contribution in [2.45, 2.75) is 31.7 Å². The van der Waals surface area contributed by atoms with Crippen molar-refractivity contribution in [3.63, 3.8) is 0 Å². The van der Waals surface area contributed by atoms with E-state index in [2.05, 4.69) is 10.6 Å². The fourth-order valence-electron chi connectivity index (χ4n) is 2.54. The molecule has 1 aromatic rings. The molecule has 1 fully saturated rings. The van der Waals surface area contributed by atoms with Crippen LogP contribution in [-0.4, -0.2) is 35.6 Å². The van der Waals surface area contributed by atoms with Crippen molar-refractivity contribution in [2.75, 3.05) is 13.1 Å². The molecule has 0 bridgehead atoms. The number of carbonyl (C=O) groups is 2. The summed E-state index contributed by atoms with van der Waals surface area (Å²) in [5.41, 5.74) is 0.559. The van der Waals surface area contributed by atoms with Crippen LogP contribution < -0.4 is 10.6 Å². The number of nitrogens with one attached hydrogen (secondary N) is 2. The smallest absolute Gasteiger partial charge is 0.335 e. The highest BCUT2D eigenvalue weighted by Crippen LogP contribution is 2.18. The van der Waals surface area contributed by atoms with Gasteiger partial charge in [-0.1, -0.05) is 18.2 Å². The lowest BCUT2D eigenvalue weighted by Gasteiger charge is -2.23. The zero-order valence-electron chi connectivity index (χ0n) is 11.6. The van der Waals surface area contributed by atoms with Crippen molar-refractivity contribution in [3.05, 3.63) is 35.4 Å². The van der Waals surface area contributed by atoms with Crippen molar-refractivity contribution in [1.29, 1.82) is 0 Å². The molecular weight excluding hydrogens is 256 g/mol. The first kappa shape index (κ1) is 14.5. The van der Waals surface area contributed by atoms with Gasteiger partial charge in [0.2, 0.25) is 5.91 Å². The van der Waals surface area contributed by atoms with E-state index in [-0.39, 0.29) is 5.91 Å². The summed E-state index contributed by atoms with van der Waals surface area (Å²) in [6.07, 6.45) is 2.36. The highest BCUT2D eigenvalue weighted by molar-refractivity contribution is 5.89. The SMILES string of the molecule is CC1(C(=O)NCCc2ccccc2C(=O)O)CCCN1. The van der Waals surface area contributed by atoms with Crippen LogP contribution in [-0.2, 0) is 11.2 Å². The Morgan fingerprint density at radius 2 is 2.15 bits per heavy atom. The van der Waals surface area contributed by atoms with E-state index in [0.29, 0.717) is 18.5 Å². The van der Waals surface area contributed by atoms with Crippen LogP contribution in [0.5, 0.6) is 0 Å². The van der Waals surface area contributed by atoms with E-state index in [1.54, 1.807) is 18.2 Å². The lowest BCUT2D eigenvalue weighted by atomic mass is 9.99. The van der Waals surface area contributed by atoms with Gasteiger partial charge in [-0.25, -0.2) is 4.79 Å². The summed E-state index contributed by atoms with van der Waals surface area (Å²) in [6, 6.07) is 6.88. The Morgan fingerprint density at radius 3 is 2.80 bits per heavy atom. The Bertz CT molecular complexity index is 508. The third-order valence-electron chi connectivity index (χ3n) is 3.80. The van der Waals surface area contributed by atoms with E-state index in [9.17, 15) is 9.59 Å². The molecule has 1 heterocycles. The Balaban J connectivity index is 1.90. The first-order valence-electron chi connectivity index (χ1n) is 6.87. The van der Waals surface area contributed by atoms with Gasteiger partial charge >= 0.3 is 5.97 Å². The molecule has 0 spiro atoms. The van der Waals surface area contributed by atoms with Gasteiger partial charge in [-0.3, -0.25) is 4.79 Å². The van der Waals surface area contributed by atoms with Gasteiger partial charge in [-0.2, -0.15) is 0 Å². The summed E-state index contributed by atoms with van der Waals surface area (Å²) in [6.45, 7) is 3.21. The maximum atomic E-state index is 12.1. The lowest BCUT2D eigenvalue weighted by Crippen LogP contribution is -2.51. The molecule has 5 heteroatoms. The molecule has 1 atom stereocenters. The highest BCUT2D eigenvalue weighted by atomic mass is 16.4. The molecule has 0 aliphatic carbocycles. The van der Waals surface area contributed by atoms with E-state index in [0.717, 1.165) is 24.9 Å². The number of hydrogen-bond donors (Lipinski definition) is 3. The standard InChI is InChI=1S/C15H20N2O3/c1-15(8-4-9-17-15)14(20)16-10-7-11-5-2-3-6-12(11)13(18)19/h2-3,5-6,17H,4,7-10H2,1H3,(H,16,20)(H,18,19). The summed E-state index contributed by atoms with van der Waals surface area (Å²) in [5.74, 6) is -0.945. The molecule has 20 heavy (non-hydrogen) atoms. The van der Waals surface area contributed by atoms with Crippen LogP contribution in [0.2, 0.25) is 0 Å². The topological polar surface area (TPSA) is 78.4 Å². The summed E-state index contributed by atoms with van der Waals surface area (Å²) < 4.78 is 0. The second-order valence-electron chi connectivity index (χ2n) is 5.33. The number of carboxylic acid groups (broad SMARTS) is 1. The Hall–Kier alpha value is -1.88. The number of benzene rings is 1. The van der Waals surface area contributed by atoms with Crippen LogP contribution >= 0.6 is 0 Å². The van der Waals surface area contributed by atoms with E-state index < -0.39 is 11.5 Å². The molecule has 0 saturated carbocycles. The van der Waals surface area contributed by atoms with E-state index >= 15 is 0 Å². The van der Waals surface area contributed by atoms with Gasteiger partial charge in [0.25, 0.3) is 0 Å². The predicted octanol–water partition coefficient (Wildman–Crippen LogP) is 1.19. The second-order valence-corrected chi connectivity index (χ2v) is 5.33. The Labute approximate surface area is 118 Å². The van der Waals surface area contributed by atoms with Gasteiger partial charge in [0, 0.05) is 6.54 Å². The number of amides is 1. The lowest BCUT2D eigenvalue weighted by molar-refractivity contribution is -0.126. The van der Waals surface area contributed by atoms with Crippen molar-refractivity contribution >= 4 is 11.9 Å². The molecule has 1 amide bonds. The molecule has 5 nitrogen and oxygen atoms in total. The van der Waals surface area contributed by atoms with E-state index in [1.165, 1.54) is 0 Å². The molecule has 108 valence electrons. The van der Waals surface area contributed by atoms with Crippen LogP contribution in [0.15, 0.2) is 24.3 Å². The highest BCUT2D eigenvalue weighted by Gasteiger charge is 2.35. The first-order valence-corrected chi connectivity index (χ1v) is 6.87. The van der Waals surface area contributed by atoms with Gasteiger partial charge in [0.1, 0.15) is 0 Å². The van der Waals surface area contributed by atoms with Gasteiger partial charge in [-0.15, -0.1) is 0 Å². The van der Waals surface area contributed by atoms with Crippen LogP contribution in [0, 0.1) is 0 Å². The molecule has 2 rings (SSSR count). The summed E-state index contributed by atoms with van der Waals surface area (Å²) in [7, 11) is 0. The fraction of sp³-hybridized carbons (Fsp3) is 0.467. The average Bonchev–Trinajstić information content (AvgIpc) is 2.87. The zero-order chi connectivity index (χ0) is 14.6. The van der Waals surface area contributed by atoms with Gasteiger partial charge < -0.3 is 15.7 Å². The maximum Gasteiger partial charge on any atom is 0.335 e. The third kappa shape index (κ3) is 3.17. The number of aromatic carboxylic acids is 1. The fourth-order valence-corrected chi connectivity index (χ4v) is 2.54. The summed E-state index contributed by atoms with van der Waals surface area (Å²) in [5, 5.41) is 15.2. The average molecular weight is 276 g/mol. The quantitative estimate of drug-likeness (QED) is 0.754. The molecule has 0 radical (unpaired) electrons. The zero-order valence-corrected chi connectivity index (χ0v) is 11.6. The molecule has 3 N–H and O–H groups in total. The van der Waals surface area contributed by atoms with E-state index in [4.69, 9.17) is 5.11 Å². The monoisotopic (exact) mass is 276 g/mol. The van der Waals surface area contributed by atoms with Crippen molar-refractivity contribution in [2.24, 2.45) is 0 Å². The number of carbonyl (C=O) groups excluding carboxylic acids is 1. The number of hydrogen-bond acceptors (Lipinski definition) is 3. The molecule has 1 unspecified atom stereocenters. The van der Waals surface area contributed by atoms with Crippen molar-refractivity contribution in [1.82, 2.24) is 10.6 Å². The molecule has 1 aliphatic rings. The molecule has 1 aliphatic heterocycles. The summed E-state index contributed by atoms with van der Waals surface area (Å²) >= 11 is 0. The molecule has 0 aromatic heterocycles. The predicted molar refractivity (Wildman–Crippen MR) is 75.8 cm³/mol. The minimum Gasteiger partial charge on any atom is -0.478 e. The van der Waals surface area contributed by atoms with Crippen molar-refractivity contribution in [3.8, 4) is 0 Å². The van der Waals surface area contributed by atoms with Crippen LogP contribution in [0.25, 0.3) is 0 Å².